The first-order valence-electron chi connectivity index (χ1n) is 3.65. The number of aromatic carboxylic acids is 1. The van der Waals surface area contributed by atoms with Crippen LogP contribution in [0.1, 0.15) is 20.7 Å². The van der Waals surface area contributed by atoms with Crippen LogP contribution >= 0.6 is 22.6 Å². The molecular weight excluding hydrogens is 299 g/mol. The molecule has 0 atom stereocenters. The summed E-state index contributed by atoms with van der Waals surface area (Å²) in [5.41, 5.74) is 0.389. The van der Waals surface area contributed by atoms with Crippen molar-refractivity contribution in [2.75, 3.05) is 7.11 Å². The van der Waals surface area contributed by atoms with E-state index in [9.17, 15) is 14.7 Å². The minimum absolute atomic E-state index is 0.0436. The molecule has 0 amide bonds. The van der Waals surface area contributed by atoms with E-state index in [0.29, 0.717) is 9.13 Å². The van der Waals surface area contributed by atoms with E-state index < -0.39 is 11.9 Å². The number of carboxylic acids is 1. The average molecular weight is 305 g/mol. The fraction of sp³-hybridized carbons (Fsp3) is 0.111. The molecule has 0 aliphatic heterocycles. The Morgan fingerprint density at radius 2 is 2.07 bits per heavy atom. The zero-order chi connectivity index (χ0) is 10.7. The highest BCUT2D eigenvalue weighted by molar-refractivity contribution is 14.1. The molecular formula is C9H6IO4-. The highest BCUT2D eigenvalue weighted by atomic mass is 127. The summed E-state index contributed by atoms with van der Waals surface area (Å²) in [5, 5.41) is 10.5. The van der Waals surface area contributed by atoms with Crippen molar-refractivity contribution in [2.24, 2.45) is 0 Å². The molecule has 0 saturated heterocycles. The number of benzene rings is 1. The molecule has 0 aliphatic carbocycles. The molecule has 0 saturated carbocycles. The molecule has 74 valence electrons. The molecule has 0 aromatic heterocycles. The summed E-state index contributed by atoms with van der Waals surface area (Å²) in [7, 11) is 1.27. The zero-order valence-electron chi connectivity index (χ0n) is 7.24. The monoisotopic (exact) mass is 305 g/mol. The second-order valence-corrected chi connectivity index (χ2v) is 3.64. The van der Waals surface area contributed by atoms with Gasteiger partial charge in [-0.3, -0.25) is 0 Å². The quantitative estimate of drug-likeness (QED) is 0.587. The predicted octanol–water partition coefficient (Wildman–Crippen LogP) is 0.441. The summed E-state index contributed by atoms with van der Waals surface area (Å²) in [6.45, 7) is 0. The third-order valence-corrected chi connectivity index (χ3v) is 2.50. The van der Waals surface area contributed by atoms with E-state index in [1.165, 1.54) is 25.3 Å². The van der Waals surface area contributed by atoms with Crippen molar-refractivity contribution < 1.29 is 19.4 Å². The number of hydrogen-bond acceptors (Lipinski definition) is 4. The number of esters is 1. The van der Waals surface area contributed by atoms with Gasteiger partial charge >= 0.3 is 5.97 Å². The number of halogens is 1. The average Bonchev–Trinajstić information content (AvgIpc) is 2.16. The van der Waals surface area contributed by atoms with Gasteiger partial charge in [-0.1, -0.05) is 6.07 Å². The van der Waals surface area contributed by atoms with E-state index in [0.717, 1.165) is 0 Å². The maximum atomic E-state index is 11.1. The lowest BCUT2D eigenvalue weighted by Crippen LogP contribution is -2.22. The molecule has 0 radical (unpaired) electrons. The summed E-state index contributed by atoms with van der Waals surface area (Å²) < 4.78 is 5.03. The second-order valence-electron chi connectivity index (χ2n) is 2.47. The number of carboxylic acid groups (broad SMARTS) is 1. The van der Waals surface area contributed by atoms with Gasteiger partial charge < -0.3 is 14.6 Å². The number of ether oxygens (including phenoxy) is 1. The topological polar surface area (TPSA) is 66.4 Å². The first-order chi connectivity index (χ1) is 6.56. The molecule has 0 N–H and O–H groups in total. The fourth-order valence-corrected chi connectivity index (χ4v) is 1.65. The molecule has 1 rings (SSSR count). The maximum Gasteiger partial charge on any atom is 0.338 e. The van der Waals surface area contributed by atoms with Gasteiger partial charge in [0.2, 0.25) is 0 Å². The van der Waals surface area contributed by atoms with Gasteiger partial charge in [0.15, 0.2) is 0 Å². The molecule has 0 spiro atoms. The molecule has 1 aromatic carbocycles. The van der Waals surface area contributed by atoms with Crippen LogP contribution in [0.3, 0.4) is 0 Å². The third-order valence-electron chi connectivity index (χ3n) is 1.61. The van der Waals surface area contributed by atoms with Gasteiger partial charge in [0.1, 0.15) is 0 Å². The third kappa shape index (κ3) is 2.22. The number of carbonyl (C=O) groups excluding carboxylic acids is 2. The molecule has 14 heavy (non-hydrogen) atoms. The summed E-state index contributed by atoms with van der Waals surface area (Å²) in [6, 6.07) is 4.07. The number of methoxy groups -OCH3 is 1. The summed E-state index contributed by atoms with van der Waals surface area (Å²) in [6.07, 6.45) is 0. The van der Waals surface area contributed by atoms with Gasteiger partial charge in [-0.25, -0.2) is 4.79 Å². The van der Waals surface area contributed by atoms with Crippen LogP contribution in [0, 0.1) is 3.57 Å². The van der Waals surface area contributed by atoms with Crippen molar-refractivity contribution >= 4 is 34.5 Å². The van der Waals surface area contributed by atoms with Crippen LogP contribution in [0.15, 0.2) is 18.2 Å². The highest BCUT2D eigenvalue weighted by Crippen LogP contribution is 2.15. The van der Waals surface area contributed by atoms with Gasteiger partial charge in [0, 0.05) is 3.57 Å². The second kappa shape index (κ2) is 4.41. The smallest absolute Gasteiger partial charge is 0.338 e. The molecule has 5 heteroatoms. The van der Waals surface area contributed by atoms with Crippen molar-refractivity contribution in [3.63, 3.8) is 0 Å². The van der Waals surface area contributed by atoms with E-state index in [1.807, 2.05) is 22.6 Å². The molecule has 0 bridgehead atoms. The van der Waals surface area contributed by atoms with Gasteiger partial charge in [-0.15, -0.1) is 0 Å². The molecule has 0 unspecified atom stereocenters. The Labute approximate surface area is 94.0 Å². The minimum Gasteiger partial charge on any atom is -0.545 e. The van der Waals surface area contributed by atoms with E-state index in [-0.39, 0.29) is 5.56 Å². The SMILES string of the molecule is COC(=O)c1ccc(C(=O)[O-])cc1I. The van der Waals surface area contributed by atoms with E-state index in [1.54, 1.807) is 0 Å². The number of rotatable bonds is 2. The molecule has 0 heterocycles. The fourth-order valence-electron chi connectivity index (χ4n) is 0.918. The van der Waals surface area contributed by atoms with Gasteiger partial charge in [0.25, 0.3) is 0 Å². The van der Waals surface area contributed by atoms with Crippen molar-refractivity contribution in [3.05, 3.63) is 32.9 Å². The highest BCUT2D eigenvalue weighted by Gasteiger charge is 2.10. The van der Waals surface area contributed by atoms with Crippen molar-refractivity contribution in [1.29, 1.82) is 0 Å². The normalized spacial score (nSPS) is 9.57. The van der Waals surface area contributed by atoms with E-state index >= 15 is 0 Å². The molecule has 4 nitrogen and oxygen atoms in total. The Morgan fingerprint density at radius 3 is 2.50 bits per heavy atom. The van der Waals surface area contributed by atoms with Crippen molar-refractivity contribution in [2.45, 2.75) is 0 Å². The maximum absolute atomic E-state index is 11.1. The summed E-state index contributed by atoms with van der Waals surface area (Å²) in [5.74, 6) is -1.75. The van der Waals surface area contributed by atoms with Gasteiger partial charge in [-0.2, -0.15) is 0 Å². The van der Waals surface area contributed by atoms with Crippen molar-refractivity contribution in [3.8, 4) is 0 Å². The molecule has 0 aliphatic rings. The van der Waals surface area contributed by atoms with Crippen molar-refractivity contribution in [1.82, 2.24) is 0 Å². The zero-order valence-corrected chi connectivity index (χ0v) is 9.40. The van der Waals surface area contributed by atoms with Crippen LogP contribution in [-0.2, 0) is 4.74 Å². The predicted molar refractivity (Wildman–Crippen MR) is 54.8 cm³/mol. The van der Waals surface area contributed by atoms with Crippen LogP contribution in [0.5, 0.6) is 0 Å². The first kappa shape index (κ1) is 11.0. The van der Waals surface area contributed by atoms with Gasteiger partial charge in [0.05, 0.1) is 18.6 Å². The first-order valence-corrected chi connectivity index (χ1v) is 4.73. The standard InChI is InChI=1S/C9H7IO4/c1-14-9(13)6-3-2-5(8(11)12)4-7(6)10/h2-4H,1H3,(H,11,12)/p-1. The molecule has 1 aromatic rings. The van der Waals surface area contributed by atoms with Crippen LogP contribution < -0.4 is 5.11 Å². The Morgan fingerprint density at radius 1 is 1.43 bits per heavy atom. The minimum atomic E-state index is -1.26. The van der Waals surface area contributed by atoms with Crippen LogP contribution in [0.25, 0.3) is 0 Å². The lowest BCUT2D eigenvalue weighted by Gasteiger charge is -2.06. The lowest BCUT2D eigenvalue weighted by atomic mass is 10.1. The van der Waals surface area contributed by atoms with Crippen LogP contribution in [0.2, 0.25) is 0 Å². The largest absolute Gasteiger partial charge is 0.545 e. The Hall–Kier alpha value is -1.11. The number of carbonyl (C=O) groups is 2. The Bertz CT molecular complexity index is 386. The summed E-state index contributed by atoms with van der Waals surface area (Å²) in [4.78, 5) is 21.6. The molecule has 0 fully saturated rings. The number of hydrogen-bond donors (Lipinski definition) is 0. The van der Waals surface area contributed by atoms with Crippen LogP contribution in [-0.4, -0.2) is 19.0 Å². The van der Waals surface area contributed by atoms with E-state index in [4.69, 9.17) is 0 Å². The Balaban J connectivity index is 3.14. The summed E-state index contributed by atoms with van der Waals surface area (Å²) >= 11 is 1.87. The Kier molecular flexibility index (Phi) is 3.45. The lowest BCUT2D eigenvalue weighted by molar-refractivity contribution is -0.255. The van der Waals surface area contributed by atoms with E-state index in [2.05, 4.69) is 4.74 Å². The van der Waals surface area contributed by atoms with Gasteiger partial charge in [-0.05, 0) is 40.3 Å². The van der Waals surface area contributed by atoms with Crippen LogP contribution in [0.4, 0.5) is 0 Å².